The summed E-state index contributed by atoms with van der Waals surface area (Å²) in [4.78, 5) is 0. The molecule has 2 N–H and O–H groups in total. The highest BCUT2D eigenvalue weighted by molar-refractivity contribution is 14.1. The maximum atomic E-state index is 5.75. The van der Waals surface area contributed by atoms with Crippen LogP contribution in [0.25, 0.3) is 10.1 Å². The topological polar surface area (TPSA) is 26.0 Å². The van der Waals surface area contributed by atoms with Crippen LogP contribution in [-0.4, -0.2) is 0 Å². The van der Waals surface area contributed by atoms with E-state index in [1.807, 2.05) is 12.1 Å². The van der Waals surface area contributed by atoms with Crippen molar-refractivity contribution < 1.29 is 0 Å². The first kappa shape index (κ1) is 8.31. The van der Waals surface area contributed by atoms with Crippen LogP contribution in [0.5, 0.6) is 0 Å². The van der Waals surface area contributed by atoms with E-state index < -0.39 is 0 Å². The summed E-state index contributed by atoms with van der Waals surface area (Å²) in [5, 5.41) is 3.47. The molecule has 0 aliphatic carbocycles. The van der Waals surface area contributed by atoms with Gasteiger partial charge in [-0.25, -0.2) is 0 Å². The van der Waals surface area contributed by atoms with E-state index in [1.54, 1.807) is 11.3 Å². The molecule has 0 atom stereocenters. The average Bonchev–Trinajstić information content (AvgIpc) is 2.33. The molecule has 2 aromatic rings. The van der Waals surface area contributed by atoms with Crippen LogP contribution in [0, 0.1) is 10.5 Å². The van der Waals surface area contributed by atoms with Gasteiger partial charge in [0.2, 0.25) is 0 Å². The molecule has 12 heavy (non-hydrogen) atoms. The molecule has 62 valence electrons. The summed E-state index contributed by atoms with van der Waals surface area (Å²) in [6.45, 7) is 2.12. The smallest absolute Gasteiger partial charge is 0.0480 e. The summed E-state index contributed by atoms with van der Waals surface area (Å²) in [6, 6.07) is 4.06. The van der Waals surface area contributed by atoms with Gasteiger partial charge >= 0.3 is 0 Å². The molecule has 1 heterocycles. The summed E-state index contributed by atoms with van der Waals surface area (Å²) in [5.74, 6) is 0. The van der Waals surface area contributed by atoms with E-state index in [0.717, 1.165) is 5.69 Å². The normalized spacial score (nSPS) is 10.8. The molecule has 0 aliphatic heterocycles. The molecule has 1 aromatic carbocycles. The Bertz CT molecular complexity index is 433. The minimum absolute atomic E-state index is 0.855. The van der Waals surface area contributed by atoms with E-state index in [0.29, 0.717) is 0 Å². The molecule has 3 heteroatoms. The van der Waals surface area contributed by atoms with Gasteiger partial charge in [-0.1, -0.05) is 0 Å². The monoisotopic (exact) mass is 289 g/mol. The van der Waals surface area contributed by atoms with E-state index in [-0.39, 0.29) is 0 Å². The minimum Gasteiger partial charge on any atom is -0.399 e. The minimum atomic E-state index is 0.855. The largest absolute Gasteiger partial charge is 0.399 e. The summed E-state index contributed by atoms with van der Waals surface area (Å²) < 4.78 is 2.60. The average molecular weight is 289 g/mol. The Morgan fingerprint density at radius 2 is 2.17 bits per heavy atom. The number of fused-ring (bicyclic) bond motifs is 1. The third-order valence-corrected chi connectivity index (χ3v) is 4.21. The molecular weight excluding hydrogens is 281 g/mol. The van der Waals surface area contributed by atoms with E-state index in [9.17, 15) is 0 Å². The molecule has 0 bridgehead atoms. The summed E-state index contributed by atoms with van der Waals surface area (Å²) >= 11 is 4.11. The lowest BCUT2D eigenvalue weighted by atomic mass is 10.2. The zero-order valence-electron chi connectivity index (χ0n) is 6.60. The van der Waals surface area contributed by atoms with Gasteiger partial charge in [0, 0.05) is 14.0 Å². The summed E-state index contributed by atoms with van der Waals surface area (Å²) in [5.41, 5.74) is 7.93. The fourth-order valence-electron chi connectivity index (χ4n) is 1.24. The predicted octanol–water partition coefficient (Wildman–Crippen LogP) is 3.40. The number of thiophene rings is 1. The van der Waals surface area contributed by atoms with E-state index >= 15 is 0 Å². The van der Waals surface area contributed by atoms with Crippen LogP contribution in [0.1, 0.15) is 5.56 Å². The lowest BCUT2D eigenvalue weighted by Crippen LogP contribution is -1.85. The van der Waals surface area contributed by atoms with Crippen molar-refractivity contribution in [2.24, 2.45) is 0 Å². The highest BCUT2D eigenvalue weighted by Crippen LogP contribution is 2.31. The van der Waals surface area contributed by atoms with Gasteiger partial charge < -0.3 is 5.73 Å². The molecule has 0 aliphatic rings. The number of benzene rings is 1. The fraction of sp³-hybridized carbons (Fsp3) is 0.111. The van der Waals surface area contributed by atoms with Gasteiger partial charge in [0.15, 0.2) is 0 Å². The van der Waals surface area contributed by atoms with Crippen LogP contribution >= 0.6 is 33.9 Å². The molecule has 0 fully saturated rings. The van der Waals surface area contributed by atoms with Gasteiger partial charge in [0.1, 0.15) is 0 Å². The van der Waals surface area contributed by atoms with Crippen LogP contribution in [0.4, 0.5) is 5.69 Å². The first-order valence-electron chi connectivity index (χ1n) is 3.61. The van der Waals surface area contributed by atoms with Crippen molar-refractivity contribution in [1.82, 2.24) is 0 Å². The molecule has 0 saturated carbocycles. The van der Waals surface area contributed by atoms with E-state index in [2.05, 4.69) is 34.9 Å². The third-order valence-electron chi connectivity index (χ3n) is 1.84. The second-order valence-electron chi connectivity index (χ2n) is 2.80. The van der Waals surface area contributed by atoms with Crippen molar-refractivity contribution in [3.8, 4) is 0 Å². The van der Waals surface area contributed by atoms with Crippen LogP contribution in [-0.2, 0) is 0 Å². The second kappa shape index (κ2) is 2.88. The molecule has 0 radical (unpaired) electrons. The number of rotatable bonds is 0. The van der Waals surface area contributed by atoms with Crippen molar-refractivity contribution in [2.75, 3.05) is 5.73 Å². The maximum absolute atomic E-state index is 5.75. The highest BCUT2D eigenvalue weighted by atomic mass is 127. The van der Waals surface area contributed by atoms with Gasteiger partial charge in [0.25, 0.3) is 0 Å². The molecule has 0 unspecified atom stereocenters. The molecule has 2 rings (SSSR count). The van der Waals surface area contributed by atoms with Crippen molar-refractivity contribution in [2.45, 2.75) is 6.92 Å². The van der Waals surface area contributed by atoms with Crippen LogP contribution in [0.15, 0.2) is 17.5 Å². The number of halogens is 1. The van der Waals surface area contributed by atoms with Crippen LogP contribution < -0.4 is 5.73 Å². The van der Waals surface area contributed by atoms with Gasteiger partial charge in [-0.15, -0.1) is 11.3 Å². The molecule has 0 saturated heterocycles. The van der Waals surface area contributed by atoms with Gasteiger partial charge in [0.05, 0.1) is 0 Å². The van der Waals surface area contributed by atoms with E-state index in [4.69, 9.17) is 5.73 Å². The van der Waals surface area contributed by atoms with E-state index in [1.165, 1.54) is 19.2 Å². The Morgan fingerprint density at radius 1 is 1.42 bits per heavy atom. The van der Waals surface area contributed by atoms with Crippen molar-refractivity contribution in [3.63, 3.8) is 0 Å². The molecule has 0 amide bonds. The predicted molar refractivity (Wildman–Crippen MR) is 63.7 cm³/mol. The first-order valence-corrected chi connectivity index (χ1v) is 5.57. The van der Waals surface area contributed by atoms with Crippen LogP contribution in [0.3, 0.4) is 0 Å². The number of aryl methyl sites for hydroxylation is 1. The van der Waals surface area contributed by atoms with Gasteiger partial charge in [-0.2, -0.15) is 0 Å². The zero-order chi connectivity index (χ0) is 8.72. The molecule has 0 spiro atoms. The number of nitrogens with two attached hydrogens (primary N) is 1. The fourth-order valence-corrected chi connectivity index (χ4v) is 3.21. The SMILES string of the molecule is Cc1csc2c(I)cc(N)cc12. The molecule has 1 nitrogen and oxygen atoms in total. The number of anilines is 1. The Kier molecular flexibility index (Phi) is 2.00. The molecular formula is C9H8INS. The Balaban J connectivity index is 2.92. The summed E-state index contributed by atoms with van der Waals surface area (Å²) in [6.07, 6.45) is 0. The van der Waals surface area contributed by atoms with Crippen molar-refractivity contribution in [3.05, 3.63) is 26.6 Å². The maximum Gasteiger partial charge on any atom is 0.0480 e. The molecule has 1 aromatic heterocycles. The Morgan fingerprint density at radius 3 is 2.92 bits per heavy atom. The number of hydrogen-bond donors (Lipinski definition) is 1. The lowest BCUT2D eigenvalue weighted by Gasteiger charge is -1.97. The summed E-state index contributed by atoms with van der Waals surface area (Å²) in [7, 11) is 0. The number of hydrogen-bond acceptors (Lipinski definition) is 2. The Hall–Kier alpha value is -0.290. The highest BCUT2D eigenvalue weighted by Gasteiger charge is 2.04. The van der Waals surface area contributed by atoms with Crippen molar-refractivity contribution in [1.29, 1.82) is 0 Å². The van der Waals surface area contributed by atoms with Gasteiger partial charge in [-0.3, -0.25) is 0 Å². The number of nitrogen functional groups attached to an aromatic ring is 1. The van der Waals surface area contributed by atoms with Crippen LogP contribution in [0.2, 0.25) is 0 Å². The first-order chi connectivity index (χ1) is 5.68. The second-order valence-corrected chi connectivity index (χ2v) is 4.84. The van der Waals surface area contributed by atoms with Gasteiger partial charge in [-0.05, 0) is 58.0 Å². The third kappa shape index (κ3) is 1.21. The Labute approximate surface area is 88.7 Å². The van der Waals surface area contributed by atoms with Crippen molar-refractivity contribution >= 4 is 49.7 Å². The lowest BCUT2D eigenvalue weighted by molar-refractivity contribution is 1.59. The zero-order valence-corrected chi connectivity index (χ0v) is 9.57. The standard InChI is InChI=1S/C9H8INS/c1-5-4-12-9-7(5)2-6(11)3-8(9)10/h2-4H,11H2,1H3. The quantitative estimate of drug-likeness (QED) is 0.584.